The van der Waals surface area contributed by atoms with E-state index in [9.17, 15) is 9.59 Å². The molecule has 1 amide bonds. The van der Waals surface area contributed by atoms with Crippen LogP contribution in [0.3, 0.4) is 0 Å². The molecule has 6 nitrogen and oxygen atoms in total. The lowest BCUT2D eigenvalue weighted by Gasteiger charge is -2.13. The molecule has 0 radical (unpaired) electrons. The van der Waals surface area contributed by atoms with Gasteiger partial charge in [-0.1, -0.05) is 11.6 Å². The third kappa shape index (κ3) is 4.09. The van der Waals surface area contributed by atoms with Crippen LogP contribution in [-0.4, -0.2) is 39.2 Å². The van der Waals surface area contributed by atoms with Crippen LogP contribution in [0.1, 0.15) is 16.8 Å². The van der Waals surface area contributed by atoms with Crippen molar-refractivity contribution in [3.8, 4) is 5.75 Å². The first-order valence-corrected chi connectivity index (χ1v) is 6.99. The zero-order valence-electron chi connectivity index (χ0n) is 11.6. The van der Waals surface area contributed by atoms with Gasteiger partial charge in [0.15, 0.2) is 6.29 Å². The Bertz CT molecular complexity index is 530. The number of aldehydes is 1. The Hall–Kier alpha value is -1.79. The van der Waals surface area contributed by atoms with Crippen LogP contribution in [0.15, 0.2) is 12.1 Å². The van der Waals surface area contributed by atoms with Gasteiger partial charge in [0.05, 0.1) is 30.0 Å². The molecule has 7 heteroatoms. The van der Waals surface area contributed by atoms with E-state index in [0.717, 1.165) is 19.5 Å². The molecular weight excluding hydrogens is 296 g/mol. The number of nitrogens with one attached hydrogen (secondary N) is 2. The van der Waals surface area contributed by atoms with Crippen molar-refractivity contribution in [3.63, 3.8) is 0 Å². The lowest BCUT2D eigenvalue weighted by molar-refractivity contribution is 0.112. The summed E-state index contributed by atoms with van der Waals surface area (Å²) in [5.74, 6) is 0.683. The highest BCUT2D eigenvalue weighted by atomic mass is 35.5. The molecule has 1 aliphatic heterocycles. The number of methoxy groups -OCH3 is 1. The monoisotopic (exact) mass is 312 g/mol. The summed E-state index contributed by atoms with van der Waals surface area (Å²) in [7, 11) is 1.44. The third-order valence-corrected chi connectivity index (χ3v) is 3.61. The van der Waals surface area contributed by atoms with Gasteiger partial charge in [0.25, 0.3) is 0 Å². The van der Waals surface area contributed by atoms with Gasteiger partial charge in [0.2, 0.25) is 0 Å². The van der Waals surface area contributed by atoms with E-state index in [0.29, 0.717) is 35.8 Å². The number of rotatable bonds is 5. The van der Waals surface area contributed by atoms with Crippen molar-refractivity contribution in [2.45, 2.75) is 6.42 Å². The molecule has 2 rings (SSSR count). The van der Waals surface area contributed by atoms with Gasteiger partial charge in [0.1, 0.15) is 5.75 Å². The second-order valence-electron chi connectivity index (χ2n) is 4.77. The fourth-order valence-corrected chi connectivity index (χ4v) is 2.35. The molecule has 0 saturated carbocycles. The average molecular weight is 313 g/mol. The van der Waals surface area contributed by atoms with Gasteiger partial charge >= 0.3 is 6.09 Å². The number of anilines is 1. The Morgan fingerprint density at radius 3 is 3.00 bits per heavy atom. The number of carbonyl (C=O) groups is 2. The molecule has 1 heterocycles. The van der Waals surface area contributed by atoms with E-state index in [-0.39, 0.29) is 5.02 Å². The summed E-state index contributed by atoms with van der Waals surface area (Å²) >= 11 is 6.01. The molecule has 1 aliphatic rings. The molecule has 1 atom stereocenters. The van der Waals surface area contributed by atoms with E-state index >= 15 is 0 Å². The van der Waals surface area contributed by atoms with Crippen molar-refractivity contribution in [1.29, 1.82) is 0 Å². The Labute approximate surface area is 127 Å². The van der Waals surface area contributed by atoms with E-state index in [4.69, 9.17) is 21.1 Å². The van der Waals surface area contributed by atoms with Gasteiger partial charge < -0.3 is 14.8 Å². The van der Waals surface area contributed by atoms with Gasteiger partial charge in [-0.2, -0.15) is 0 Å². The van der Waals surface area contributed by atoms with Crippen molar-refractivity contribution in [1.82, 2.24) is 5.32 Å². The lowest BCUT2D eigenvalue weighted by atomic mass is 10.1. The summed E-state index contributed by atoms with van der Waals surface area (Å²) in [6.07, 6.45) is 1.06. The molecular formula is C14H17ClN2O4. The summed E-state index contributed by atoms with van der Waals surface area (Å²) in [5, 5.41) is 6.00. The number of ether oxygens (including phenoxy) is 2. The van der Waals surface area contributed by atoms with Crippen LogP contribution in [-0.2, 0) is 4.74 Å². The Kier molecular flexibility index (Phi) is 5.41. The minimum atomic E-state index is -0.579. The van der Waals surface area contributed by atoms with Crippen LogP contribution in [0.5, 0.6) is 5.75 Å². The van der Waals surface area contributed by atoms with Crippen molar-refractivity contribution in [2.24, 2.45) is 5.92 Å². The Balaban J connectivity index is 1.97. The smallest absolute Gasteiger partial charge is 0.411 e. The SMILES string of the molecule is COc1cc(NC(=O)OC[C@H]2CCNC2)c(Cl)cc1C=O. The van der Waals surface area contributed by atoms with Crippen molar-refractivity contribution < 1.29 is 19.1 Å². The Morgan fingerprint density at radius 1 is 1.57 bits per heavy atom. The maximum absolute atomic E-state index is 11.8. The predicted molar refractivity (Wildman–Crippen MR) is 79.3 cm³/mol. The van der Waals surface area contributed by atoms with Crippen LogP contribution in [0.2, 0.25) is 5.02 Å². The fraction of sp³-hybridized carbons (Fsp3) is 0.429. The molecule has 2 N–H and O–H groups in total. The number of hydrogen-bond donors (Lipinski definition) is 2. The molecule has 21 heavy (non-hydrogen) atoms. The summed E-state index contributed by atoms with van der Waals surface area (Å²) < 4.78 is 10.2. The highest BCUT2D eigenvalue weighted by Gasteiger charge is 2.17. The Morgan fingerprint density at radius 2 is 2.38 bits per heavy atom. The van der Waals surface area contributed by atoms with Crippen molar-refractivity contribution >= 4 is 29.7 Å². The molecule has 1 aromatic carbocycles. The first kappa shape index (κ1) is 15.6. The van der Waals surface area contributed by atoms with Gasteiger partial charge in [0, 0.05) is 18.5 Å². The third-order valence-electron chi connectivity index (χ3n) is 3.30. The van der Waals surface area contributed by atoms with E-state index in [1.54, 1.807) is 0 Å². The predicted octanol–water partition coefficient (Wildman–Crippen LogP) is 2.32. The molecule has 0 spiro atoms. The molecule has 0 unspecified atom stereocenters. The highest BCUT2D eigenvalue weighted by Crippen LogP contribution is 2.30. The quantitative estimate of drug-likeness (QED) is 0.816. The van der Waals surface area contributed by atoms with Crippen LogP contribution >= 0.6 is 11.6 Å². The van der Waals surface area contributed by atoms with Crippen molar-refractivity contribution in [3.05, 3.63) is 22.7 Å². The molecule has 1 aromatic rings. The number of hydrogen-bond acceptors (Lipinski definition) is 5. The standard InChI is InChI=1S/C14H17ClN2O4/c1-20-13-5-12(11(15)4-10(13)7-18)17-14(19)21-8-9-2-3-16-6-9/h4-5,7,9,16H,2-3,6,8H2,1H3,(H,17,19)/t9-/m0/s1. The second-order valence-corrected chi connectivity index (χ2v) is 5.18. The van der Waals surface area contributed by atoms with E-state index in [1.807, 2.05) is 0 Å². The molecule has 1 saturated heterocycles. The zero-order chi connectivity index (χ0) is 15.2. The van der Waals surface area contributed by atoms with Crippen LogP contribution in [0.4, 0.5) is 10.5 Å². The molecule has 0 aromatic heterocycles. The van der Waals surface area contributed by atoms with E-state index < -0.39 is 6.09 Å². The largest absolute Gasteiger partial charge is 0.496 e. The van der Waals surface area contributed by atoms with Gasteiger partial charge in [-0.05, 0) is 19.0 Å². The fourth-order valence-electron chi connectivity index (χ4n) is 2.13. The number of halogens is 1. The highest BCUT2D eigenvalue weighted by molar-refractivity contribution is 6.34. The van der Waals surface area contributed by atoms with Gasteiger partial charge in [-0.25, -0.2) is 4.79 Å². The first-order valence-electron chi connectivity index (χ1n) is 6.61. The zero-order valence-corrected chi connectivity index (χ0v) is 12.4. The lowest BCUT2D eigenvalue weighted by Crippen LogP contribution is -2.20. The normalized spacial score (nSPS) is 17.3. The number of amides is 1. The van der Waals surface area contributed by atoms with Crippen LogP contribution in [0.25, 0.3) is 0 Å². The second kappa shape index (κ2) is 7.28. The number of carbonyl (C=O) groups excluding carboxylic acids is 2. The summed E-state index contributed by atoms with van der Waals surface area (Å²) in [6.45, 7) is 2.17. The summed E-state index contributed by atoms with van der Waals surface area (Å²) in [5.41, 5.74) is 0.659. The van der Waals surface area contributed by atoms with Gasteiger partial charge in [-0.3, -0.25) is 10.1 Å². The average Bonchev–Trinajstić information content (AvgIpc) is 3.00. The maximum Gasteiger partial charge on any atom is 0.411 e. The molecule has 1 fully saturated rings. The molecule has 0 bridgehead atoms. The number of benzene rings is 1. The molecule has 0 aliphatic carbocycles. The minimum Gasteiger partial charge on any atom is -0.496 e. The molecule has 114 valence electrons. The van der Waals surface area contributed by atoms with Crippen LogP contribution < -0.4 is 15.4 Å². The summed E-state index contributed by atoms with van der Waals surface area (Å²) in [4.78, 5) is 22.6. The van der Waals surface area contributed by atoms with Crippen LogP contribution in [0, 0.1) is 5.92 Å². The first-order chi connectivity index (χ1) is 10.1. The van der Waals surface area contributed by atoms with Gasteiger partial charge in [-0.15, -0.1) is 0 Å². The van der Waals surface area contributed by atoms with Crippen molar-refractivity contribution in [2.75, 3.05) is 32.1 Å². The topological polar surface area (TPSA) is 76.7 Å². The summed E-state index contributed by atoms with van der Waals surface area (Å²) in [6, 6.07) is 2.92. The maximum atomic E-state index is 11.8. The van der Waals surface area contributed by atoms with E-state index in [1.165, 1.54) is 19.2 Å². The minimum absolute atomic E-state index is 0.248. The van der Waals surface area contributed by atoms with E-state index in [2.05, 4.69) is 10.6 Å².